The van der Waals surface area contributed by atoms with E-state index in [2.05, 4.69) is 20.7 Å². The second-order valence-corrected chi connectivity index (χ2v) is 5.08. The largest absolute Gasteiger partial charge is 0.390 e. The second kappa shape index (κ2) is 8.76. The van der Waals surface area contributed by atoms with E-state index in [0.29, 0.717) is 25.7 Å². The number of aryl methyl sites for hydroxylation is 1. The summed E-state index contributed by atoms with van der Waals surface area (Å²) in [4.78, 5) is 3.92. The van der Waals surface area contributed by atoms with E-state index < -0.39 is 12.6 Å². The summed E-state index contributed by atoms with van der Waals surface area (Å²) in [6.07, 6.45) is -5.08. The molecule has 0 unspecified atom stereocenters. The molecule has 1 aromatic rings. The molecule has 6 nitrogen and oxygen atoms in total. The maximum Gasteiger partial charge on any atom is 0.390 e. The Morgan fingerprint density at radius 3 is 2.57 bits per heavy atom. The first kappa shape index (κ1) is 19.3. The average Bonchev–Trinajstić information content (AvgIpc) is 2.74. The van der Waals surface area contributed by atoms with Gasteiger partial charge in [0.1, 0.15) is 0 Å². The molecule has 0 aromatic carbocycles. The van der Waals surface area contributed by atoms with Gasteiger partial charge >= 0.3 is 6.18 Å². The second-order valence-electron chi connectivity index (χ2n) is 5.08. The molecule has 9 heteroatoms. The van der Waals surface area contributed by atoms with Crippen LogP contribution in [-0.4, -0.2) is 49.2 Å². The lowest BCUT2D eigenvalue weighted by Crippen LogP contribution is -2.38. The predicted molar refractivity (Wildman–Crippen MR) is 82.5 cm³/mol. The van der Waals surface area contributed by atoms with Gasteiger partial charge in [0.2, 0.25) is 0 Å². The number of guanidine groups is 1. The van der Waals surface area contributed by atoms with Crippen molar-refractivity contribution in [2.75, 3.05) is 27.3 Å². The van der Waals surface area contributed by atoms with Crippen molar-refractivity contribution in [2.24, 2.45) is 4.99 Å². The molecule has 1 heterocycles. The molecule has 2 N–H and O–H groups in total. The van der Waals surface area contributed by atoms with Gasteiger partial charge in [0.25, 0.3) is 0 Å². The van der Waals surface area contributed by atoms with E-state index >= 15 is 0 Å². The van der Waals surface area contributed by atoms with Crippen molar-refractivity contribution in [3.8, 4) is 0 Å². The van der Waals surface area contributed by atoms with Gasteiger partial charge in [0, 0.05) is 38.5 Å². The number of halogens is 3. The zero-order valence-electron chi connectivity index (χ0n) is 13.9. The number of ether oxygens (including phenoxy) is 1. The molecule has 0 atom stereocenters. The molecule has 1 rings (SSSR count). The molecular formula is C14H24F3N5O. The third-order valence-corrected chi connectivity index (χ3v) is 3.40. The Labute approximate surface area is 134 Å². The summed E-state index contributed by atoms with van der Waals surface area (Å²) in [6, 6.07) is 0. The highest BCUT2D eigenvalue weighted by Crippen LogP contribution is 2.18. The standard InChI is InChI=1S/C14H24F3N5O/c1-10-12(11(2)22(21-10)7-8-23-4)9-20-13(18-3)19-6-5-14(15,16)17/h5-9H2,1-4H3,(H2,18,19,20). The Hall–Kier alpha value is -1.77. The Kier molecular flexibility index (Phi) is 7.34. The van der Waals surface area contributed by atoms with Crippen molar-refractivity contribution in [1.82, 2.24) is 20.4 Å². The Bertz CT molecular complexity index is 525. The van der Waals surface area contributed by atoms with Crippen LogP contribution in [0.15, 0.2) is 4.99 Å². The number of rotatable bonds is 7. The summed E-state index contributed by atoms with van der Waals surface area (Å²) >= 11 is 0. The fraction of sp³-hybridized carbons (Fsp3) is 0.714. The minimum Gasteiger partial charge on any atom is -0.383 e. The molecule has 1 aromatic heterocycles. The SMILES string of the molecule is CN=C(NCCC(F)(F)F)NCc1c(C)nn(CCOC)c1C. The lowest BCUT2D eigenvalue weighted by Gasteiger charge is -2.13. The van der Waals surface area contributed by atoms with Crippen LogP contribution in [0.4, 0.5) is 13.2 Å². The number of methoxy groups -OCH3 is 1. The fourth-order valence-electron chi connectivity index (χ4n) is 2.10. The van der Waals surface area contributed by atoms with Crippen LogP contribution in [0, 0.1) is 13.8 Å². The quantitative estimate of drug-likeness (QED) is 0.589. The molecule has 0 spiro atoms. The molecule has 0 amide bonds. The highest BCUT2D eigenvalue weighted by atomic mass is 19.4. The molecule has 23 heavy (non-hydrogen) atoms. The van der Waals surface area contributed by atoms with Crippen LogP contribution < -0.4 is 10.6 Å². The van der Waals surface area contributed by atoms with Crippen molar-refractivity contribution in [1.29, 1.82) is 0 Å². The van der Waals surface area contributed by atoms with Crippen molar-refractivity contribution >= 4 is 5.96 Å². The maximum absolute atomic E-state index is 12.1. The zero-order valence-corrected chi connectivity index (χ0v) is 13.9. The predicted octanol–water partition coefficient (Wildman–Crippen LogP) is 1.76. The van der Waals surface area contributed by atoms with Gasteiger partial charge in [-0.3, -0.25) is 9.67 Å². The van der Waals surface area contributed by atoms with E-state index in [4.69, 9.17) is 4.74 Å². The maximum atomic E-state index is 12.1. The molecule has 0 aliphatic heterocycles. The normalized spacial score (nSPS) is 12.6. The number of aliphatic imine (C=N–C) groups is 1. The number of hydrogen-bond donors (Lipinski definition) is 2. The Morgan fingerprint density at radius 1 is 1.30 bits per heavy atom. The van der Waals surface area contributed by atoms with E-state index in [1.54, 1.807) is 7.11 Å². The van der Waals surface area contributed by atoms with Gasteiger partial charge in [-0.1, -0.05) is 0 Å². The van der Waals surface area contributed by atoms with E-state index in [9.17, 15) is 13.2 Å². The lowest BCUT2D eigenvalue weighted by molar-refractivity contribution is -0.132. The van der Waals surface area contributed by atoms with Gasteiger partial charge in [0.15, 0.2) is 5.96 Å². The molecule has 0 saturated carbocycles. The lowest BCUT2D eigenvalue weighted by atomic mass is 10.2. The molecule has 0 fully saturated rings. The van der Waals surface area contributed by atoms with Gasteiger partial charge in [-0.2, -0.15) is 18.3 Å². The Balaban J connectivity index is 2.57. The summed E-state index contributed by atoms with van der Waals surface area (Å²) in [5.41, 5.74) is 2.87. The van der Waals surface area contributed by atoms with E-state index in [1.165, 1.54) is 7.05 Å². The smallest absolute Gasteiger partial charge is 0.383 e. The topological polar surface area (TPSA) is 63.5 Å². The highest BCUT2D eigenvalue weighted by Gasteiger charge is 2.26. The van der Waals surface area contributed by atoms with Crippen LogP contribution in [-0.2, 0) is 17.8 Å². The van der Waals surface area contributed by atoms with E-state index in [1.807, 2.05) is 18.5 Å². The van der Waals surface area contributed by atoms with E-state index in [0.717, 1.165) is 17.0 Å². The zero-order chi connectivity index (χ0) is 17.5. The van der Waals surface area contributed by atoms with Crippen molar-refractivity contribution in [2.45, 2.75) is 39.5 Å². The van der Waals surface area contributed by atoms with Gasteiger partial charge in [0.05, 0.1) is 25.3 Å². The summed E-state index contributed by atoms with van der Waals surface area (Å²) in [7, 11) is 3.15. The number of aromatic nitrogens is 2. The number of alkyl halides is 3. The van der Waals surface area contributed by atoms with Crippen LogP contribution >= 0.6 is 0 Å². The van der Waals surface area contributed by atoms with Crippen molar-refractivity contribution < 1.29 is 17.9 Å². The van der Waals surface area contributed by atoms with Crippen LogP contribution in [0.2, 0.25) is 0 Å². The molecule has 0 aliphatic carbocycles. The minimum atomic E-state index is -4.18. The summed E-state index contributed by atoms with van der Waals surface area (Å²) in [6.45, 7) is 5.29. The summed E-state index contributed by atoms with van der Waals surface area (Å²) in [5.74, 6) is 0.331. The first-order valence-electron chi connectivity index (χ1n) is 7.31. The van der Waals surface area contributed by atoms with Crippen molar-refractivity contribution in [3.63, 3.8) is 0 Å². The number of hydrogen-bond acceptors (Lipinski definition) is 3. The Morgan fingerprint density at radius 2 is 2.00 bits per heavy atom. The van der Waals surface area contributed by atoms with Crippen molar-refractivity contribution in [3.05, 3.63) is 17.0 Å². The molecule has 0 aliphatic rings. The third-order valence-electron chi connectivity index (χ3n) is 3.40. The summed E-state index contributed by atoms with van der Waals surface area (Å²) < 4.78 is 43.3. The van der Waals surface area contributed by atoms with Crippen LogP contribution in [0.25, 0.3) is 0 Å². The molecular weight excluding hydrogens is 311 g/mol. The third kappa shape index (κ3) is 6.47. The fourth-order valence-corrected chi connectivity index (χ4v) is 2.10. The van der Waals surface area contributed by atoms with Gasteiger partial charge in [-0.05, 0) is 13.8 Å². The minimum absolute atomic E-state index is 0.214. The van der Waals surface area contributed by atoms with Gasteiger partial charge < -0.3 is 15.4 Å². The average molecular weight is 335 g/mol. The van der Waals surface area contributed by atoms with Gasteiger partial charge in [-0.25, -0.2) is 0 Å². The van der Waals surface area contributed by atoms with Crippen LogP contribution in [0.3, 0.4) is 0 Å². The van der Waals surface area contributed by atoms with Crippen LogP contribution in [0.5, 0.6) is 0 Å². The molecule has 0 radical (unpaired) electrons. The first-order chi connectivity index (χ1) is 10.8. The van der Waals surface area contributed by atoms with E-state index in [-0.39, 0.29) is 6.54 Å². The molecule has 0 saturated heterocycles. The van der Waals surface area contributed by atoms with Gasteiger partial charge in [-0.15, -0.1) is 0 Å². The number of nitrogens with one attached hydrogen (secondary N) is 2. The van der Waals surface area contributed by atoms with Crippen LogP contribution in [0.1, 0.15) is 23.4 Å². The number of nitrogens with zero attached hydrogens (tertiary/aromatic N) is 3. The summed E-state index contributed by atoms with van der Waals surface area (Å²) in [5, 5.41) is 10.1. The molecule has 132 valence electrons. The molecule has 0 bridgehead atoms. The monoisotopic (exact) mass is 335 g/mol. The first-order valence-corrected chi connectivity index (χ1v) is 7.31. The highest BCUT2D eigenvalue weighted by molar-refractivity contribution is 5.79.